The van der Waals surface area contributed by atoms with Crippen molar-refractivity contribution in [1.82, 2.24) is 21.1 Å². The summed E-state index contributed by atoms with van der Waals surface area (Å²) in [6.07, 6.45) is 7.82. The average Bonchev–Trinajstić information content (AvgIpc) is 3.01. The van der Waals surface area contributed by atoms with Gasteiger partial charge in [-0.1, -0.05) is 0 Å². The van der Waals surface area contributed by atoms with Crippen LogP contribution in [0.4, 0.5) is 0 Å². The number of fused-ring (bicyclic) bond motifs is 4. The van der Waals surface area contributed by atoms with Crippen LogP contribution in [0.15, 0.2) is 0 Å². The molecule has 6 nitrogen and oxygen atoms in total. The van der Waals surface area contributed by atoms with E-state index in [1.165, 1.54) is 25.7 Å². The van der Waals surface area contributed by atoms with Crippen molar-refractivity contribution in [2.75, 3.05) is 39.9 Å². The second kappa shape index (κ2) is 7.98. The number of nitrogens with one attached hydrogen (secondary N) is 3. The highest BCUT2D eigenvalue weighted by atomic mass is 16.5. The summed E-state index contributed by atoms with van der Waals surface area (Å²) in [6, 6.07) is 1.20. The number of likely N-dealkylation sites (N-methyl/N-ethyl adjacent to an activating group) is 1. The maximum absolute atomic E-state index is 6.24. The maximum Gasteiger partial charge on any atom is 0.108 e. The molecule has 3 heterocycles. The number of rotatable bonds is 0. The van der Waals surface area contributed by atoms with E-state index in [0.29, 0.717) is 30.0 Å². The average molecular weight is 338 g/mol. The summed E-state index contributed by atoms with van der Waals surface area (Å²) in [4.78, 5) is 2.36. The lowest BCUT2D eigenvalue weighted by Crippen LogP contribution is -2.48. The van der Waals surface area contributed by atoms with Gasteiger partial charge in [-0.15, -0.1) is 0 Å². The molecule has 0 spiro atoms. The van der Waals surface area contributed by atoms with Crippen LogP contribution in [0, 0.1) is 11.8 Å². The van der Waals surface area contributed by atoms with Gasteiger partial charge in [0.15, 0.2) is 0 Å². The highest BCUT2D eigenvalue weighted by molar-refractivity contribution is 4.99. The fourth-order valence-corrected chi connectivity index (χ4v) is 5.08. The molecular weight excluding hydrogens is 304 g/mol. The van der Waals surface area contributed by atoms with E-state index >= 15 is 0 Å². The normalized spacial score (nSPS) is 45.4. The molecule has 3 aliphatic heterocycles. The first-order valence-corrected chi connectivity index (χ1v) is 9.96. The SMILES string of the molecule is CN1CCCOC2CCC3NNC(C4CCNC(C4)OCC1)C3C2. The molecule has 1 aliphatic carbocycles. The molecule has 6 atom stereocenters. The van der Waals surface area contributed by atoms with Crippen molar-refractivity contribution in [3.63, 3.8) is 0 Å². The lowest BCUT2D eigenvalue weighted by Gasteiger charge is -2.38. The summed E-state index contributed by atoms with van der Waals surface area (Å²) >= 11 is 0. The molecule has 6 unspecified atom stereocenters. The van der Waals surface area contributed by atoms with Gasteiger partial charge in [-0.3, -0.25) is 16.2 Å². The van der Waals surface area contributed by atoms with Crippen LogP contribution in [-0.4, -0.2) is 69.2 Å². The topological polar surface area (TPSA) is 57.8 Å². The molecule has 0 radical (unpaired) electrons. The van der Waals surface area contributed by atoms with Crippen molar-refractivity contribution in [3.05, 3.63) is 0 Å². The van der Waals surface area contributed by atoms with Gasteiger partial charge in [0, 0.05) is 31.8 Å². The molecule has 3 saturated heterocycles. The number of hydrogen-bond donors (Lipinski definition) is 3. The molecule has 4 aliphatic rings. The Hall–Kier alpha value is -0.240. The first kappa shape index (κ1) is 17.2. The zero-order chi connectivity index (χ0) is 16.4. The number of nitrogens with zero attached hydrogens (tertiary/aromatic N) is 1. The van der Waals surface area contributed by atoms with Gasteiger partial charge in [0.1, 0.15) is 6.23 Å². The molecule has 138 valence electrons. The second-order valence-electron chi connectivity index (χ2n) is 8.15. The molecule has 6 heteroatoms. The van der Waals surface area contributed by atoms with Crippen molar-refractivity contribution >= 4 is 0 Å². The Kier molecular flexibility index (Phi) is 5.71. The van der Waals surface area contributed by atoms with E-state index in [1.54, 1.807) is 0 Å². The van der Waals surface area contributed by atoms with Crippen LogP contribution in [-0.2, 0) is 9.47 Å². The smallest absolute Gasteiger partial charge is 0.108 e. The molecule has 0 aromatic heterocycles. The largest absolute Gasteiger partial charge is 0.378 e. The zero-order valence-corrected chi connectivity index (χ0v) is 15.0. The van der Waals surface area contributed by atoms with Crippen LogP contribution in [0.2, 0.25) is 0 Å². The molecule has 4 bridgehead atoms. The van der Waals surface area contributed by atoms with Crippen molar-refractivity contribution in [2.24, 2.45) is 11.8 Å². The van der Waals surface area contributed by atoms with E-state index in [2.05, 4.69) is 28.1 Å². The van der Waals surface area contributed by atoms with Gasteiger partial charge in [-0.05, 0) is 64.0 Å². The Labute approximate surface area is 146 Å². The molecule has 1 saturated carbocycles. The van der Waals surface area contributed by atoms with E-state index in [9.17, 15) is 0 Å². The standard InChI is InChI=1S/C18H34N4O2/c1-22-7-2-9-23-14-3-4-16-15(12-14)18(21-20-16)13-5-6-19-17(11-13)24-10-8-22/h13-21H,2-12H2,1H3. The summed E-state index contributed by atoms with van der Waals surface area (Å²) < 4.78 is 12.4. The summed E-state index contributed by atoms with van der Waals surface area (Å²) in [5, 5.41) is 3.56. The van der Waals surface area contributed by atoms with Crippen molar-refractivity contribution < 1.29 is 9.47 Å². The monoisotopic (exact) mass is 338 g/mol. The fraction of sp³-hybridized carbons (Fsp3) is 1.00. The van der Waals surface area contributed by atoms with Crippen LogP contribution in [0.5, 0.6) is 0 Å². The third-order valence-electron chi connectivity index (χ3n) is 6.49. The minimum absolute atomic E-state index is 0.221. The lowest BCUT2D eigenvalue weighted by molar-refractivity contribution is -0.0184. The first-order valence-electron chi connectivity index (χ1n) is 9.96. The van der Waals surface area contributed by atoms with Gasteiger partial charge in [-0.25, -0.2) is 0 Å². The summed E-state index contributed by atoms with van der Waals surface area (Å²) in [5.74, 6) is 1.40. The van der Waals surface area contributed by atoms with Crippen LogP contribution < -0.4 is 16.2 Å². The Morgan fingerprint density at radius 3 is 2.88 bits per heavy atom. The van der Waals surface area contributed by atoms with Crippen LogP contribution in [0.1, 0.15) is 38.5 Å². The first-order chi connectivity index (χ1) is 11.8. The number of hydrazine groups is 1. The van der Waals surface area contributed by atoms with Gasteiger partial charge >= 0.3 is 0 Å². The second-order valence-corrected chi connectivity index (χ2v) is 8.15. The summed E-state index contributed by atoms with van der Waals surface area (Å²) in [7, 11) is 2.18. The minimum Gasteiger partial charge on any atom is -0.378 e. The van der Waals surface area contributed by atoms with Gasteiger partial charge in [-0.2, -0.15) is 0 Å². The van der Waals surface area contributed by atoms with E-state index in [0.717, 1.165) is 45.7 Å². The Bertz CT molecular complexity index is 410. The molecule has 0 aromatic rings. The van der Waals surface area contributed by atoms with E-state index in [-0.39, 0.29) is 6.23 Å². The molecule has 0 amide bonds. The lowest BCUT2D eigenvalue weighted by atomic mass is 9.74. The molecule has 24 heavy (non-hydrogen) atoms. The third-order valence-corrected chi connectivity index (χ3v) is 6.49. The number of hydrogen-bond acceptors (Lipinski definition) is 6. The van der Waals surface area contributed by atoms with Crippen molar-refractivity contribution in [2.45, 2.75) is 62.9 Å². The van der Waals surface area contributed by atoms with Crippen LogP contribution in [0.25, 0.3) is 0 Å². The highest BCUT2D eigenvalue weighted by Crippen LogP contribution is 2.37. The van der Waals surface area contributed by atoms with Gasteiger partial charge in [0.25, 0.3) is 0 Å². The summed E-state index contributed by atoms with van der Waals surface area (Å²) in [6.45, 7) is 4.87. The fourth-order valence-electron chi connectivity index (χ4n) is 5.08. The Morgan fingerprint density at radius 2 is 1.92 bits per heavy atom. The Morgan fingerprint density at radius 1 is 0.958 bits per heavy atom. The third kappa shape index (κ3) is 3.94. The van der Waals surface area contributed by atoms with Crippen LogP contribution >= 0.6 is 0 Å². The van der Waals surface area contributed by atoms with Crippen LogP contribution in [0.3, 0.4) is 0 Å². The Balaban J connectivity index is 1.45. The van der Waals surface area contributed by atoms with E-state index in [4.69, 9.17) is 9.47 Å². The molecular formula is C18H34N4O2. The zero-order valence-electron chi connectivity index (χ0n) is 15.0. The van der Waals surface area contributed by atoms with Crippen molar-refractivity contribution in [3.8, 4) is 0 Å². The molecule has 3 N–H and O–H groups in total. The van der Waals surface area contributed by atoms with E-state index in [1.807, 2.05) is 0 Å². The van der Waals surface area contributed by atoms with Gasteiger partial charge < -0.3 is 14.4 Å². The predicted octanol–water partition coefficient (Wildman–Crippen LogP) is 0.695. The molecule has 4 rings (SSSR count). The van der Waals surface area contributed by atoms with Crippen molar-refractivity contribution in [1.29, 1.82) is 0 Å². The molecule has 0 aromatic carbocycles. The minimum atomic E-state index is 0.221. The van der Waals surface area contributed by atoms with Gasteiger partial charge in [0.2, 0.25) is 0 Å². The van der Waals surface area contributed by atoms with Gasteiger partial charge in [0.05, 0.1) is 12.7 Å². The highest BCUT2D eigenvalue weighted by Gasteiger charge is 2.44. The van der Waals surface area contributed by atoms with E-state index < -0.39 is 0 Å². The quantitative estimate of drug-likeness (QED) is 0.604. The maximum atomic E-state index is 6.24. The number of piperidine rings is 1. The summed E-state index contributed by atoms with van der Waals surface area (Å²) in [5.41, 5.74) is 7.23. The number of ether oxygens (including phenoxy) is 2. The predicted molar refractivity (Wildman–Crippen MR) is 93.5 cm³/mol. The molecule has 4 fully saturated rings.